The smallest absolute Gasteiger partial charge is 0.260 e. The highest BCUT2D eigenvalue weighted by atomic mass is 16.3. The van der Waals surface area contributed by atoms with E-state index in [1.54, 1.807) is 23.3 Å². The summed E-state index contributed by atoms with van der Waals surface area (Å²) in [6.45, 7) is 8.70. The molecule has 0 radical (unpaired) electrons. The quantitative estimate of drug-likeness (QED) is 0.315. The molecule has 0 bridgehead atoms. The maximum atomic E-state index is 13.6. The van der Waals surface area contributed by atoms with Crippen molar-refractivity contribution >= 4 is 28.4 Å². The van der Waals surface area contributed by atoms with Crippen molar-refractivity contribution in [2.24, 2.45) is 0 Å². The number of fused-ring (bicyclic) bond motifs is 1. The van der Waals surface area contributed by atoms with Crippen LogP contribution in [-0.4, -0.2) is 52.7 Å². The van der Waals surface area contributed by atoms with Gasteiger partial charge in [-0.15, -0.1) is 0 Å². The van der Waals surface area contributed by atoms with E-state index in [1.165, 1.54) is 5.69 Å². The minimum Gasteiger partial charge on any atom is -0.472 e. The number of pyridine rings is 1. The predicted molar refractivity (Wildman–Crippen MR) is 157 cm³/mol. The zero-order valence-electron chi connectivity index (χ0n) is 22.5. The van der Waals surface area contributed by atoms with E-state index in [0.29, 0.717) is 23.7 Å². The minimum atomic E-state index is -0.0645. The van der Waals surface area contributed by atoms with Crippen molar-refractivity contribution in [1.82, 2.24) is 19.4 Å². The van der Waals surface area contributed by atoms with Crippen molar-refractivity contribution in [3.8, 4) is 22.3 Å². The molecule has 0 saturated carbocycles. The molecule has 1 aliphatic rings. The molecule has 0 spiro atoms. The van der Waals surface area contributed by atoms with E-state index >= 15 is 0 Å². The van der Waals surface area contributed by atoms with Gasteiger partial charge in [-0.3, -0.25) is 9.36 Å². The van der Waals surface area contributed by atoms with Crippen molar-refractivity contribution in [2.75, 3.05) is 43.4 Å². The molecule has 5 aromatic rings. The summed E-state index contributed by atoms with van der Waals surface area (Å²) >= 11 is 0. The first kappa shape index (κ1) is 24.9. The number of benzene rings is 2. The lowest BCUT2D eigenvalue weighted by Crippen LogP contribution is -2.44. The molecule has 0 amide bonds. The first-order valence-electron chi connectivity index (χ1n) is 13.3. The molecule has 1 aliphatic heterocycles. The van der Waals surface area contributed by atoms with Gasteiger partial charge in [0.1, 0.15) is 5.65 Å². The van der Waals surface area contributed by atoms with Crippen LogP contribution >= 0.6 is 0 Å². The average Bonchev–Trinajstić information content (AvgIpc) is 3.49. The number of nitrogens with one attached hydrogen (secondary N) is 1. The second-order valence-corrected chi connectivity index (χ2v) is 10.1. The van der Waals surface area contributed by atoms with E-state index in [0.717, 1.165) is 59.5 Å². The number of aryl methyl sites for hydroxylation is 2. The molecule has 8 nitrogen and oxygen atoms in total. The predicted octanol–water partition coefficient (Wildman–Crippen LogP) is 5.54. The van der Waals surface area contributed by atoms with Gasteiger partial charge in [-0.25, -0.2) is 4.98 Å². The second-order valence-electron chi connectivity index (χ2n) is 10.1. The normalized spacial score (nSPS) is 14.2. The van der Waals surface area contributed by atoms with Crippen LogP contribution in [-0.2, 0) is 6.54 Å². The number of piperazine rings is 1. The summed E-state index contributed by atoms with van der Waals surface area (Å²) in [5.74, 6) is 0.463. The molecular weight excluding hydrogens is 488 g/mol. The van der Waals surface area contributed by atoms with E-state index in [-0.39, 0.29) is 5.56 Å². The molecular formula is C31H32N6O2. The Balaban J connectivity index is 1.29. The van der Waals surface area contributed by atoms with Crippen molar-refractivity contribution in [1.29, 1.82) is 0 Å². The SMILES string of the molecule is CCn1c(=O)c(-c2ccc(-c3ccoc3)cc2C)cc2cnc(Nc3ccc(N4CCN(C)CC4)cc3)nc21. The summed E-state index contributed by atoms with van der Waals surface area (Å²) in [6.07, 6.45) is 5.17. The fraction of sp³-hybridized carbons (Fsp3) is 0.258. The third-order valence-electron chi connectivity index (χ3n) is 7.51. The molecule has 1 saturated heterocycles. The van der Waals surface area contributed by atoms with Crippen LogP contribution in [0.25, 0.3) is 33.3 Å². The Kier molecular flexibility index (Phi) is 6.62. The lowest BCUT2D eigenvalue weighted by Gasteiger charge is -2.34. The number of nitrogens with zero attached hydrogens (tertiary/aromatic N) is 5. The van der Waals surface area contributed by atoms with Crippen LogP contribution in [0.15, 0.2) is 82.5 Å². The first-order chi connectivity index (χ1) is 19.0. The molecule has 1 N–H and O–H groups in total. The Bertz CT molecular complexity index is 1670. The van der Waals surface area contributed by atoms with Crippen molar-refractivity contribution in [2.45, 2.75) is 20.4 Å². The fourth-order valence-corrected chi connectivity index (χ4v) is 5.23. The standard InChI is InChI=1S/C31H32N6O2/c1-4-37-29-24(18-28(30(37)38)27-10-5-22(17-21(27)2)23-11-16-39-20-23)19-32-31(34-29)33-25-6-8-26(9-7-25)36-14-12-35(3)13-15-36/h5-11,16-20H,4,12-15H2,1-3H3,(H,32,33,34). The molecule has 4 heterocycles. The first-order valence-corrected chi connectivity index (χ1v) is 13.3. The van der Waals surface area contributed by atoms with Crippen LogP contribution in [0.1, 0.15) is 12.5 Å². The van der Waals surface area contributed by atoms with E-state index in [9.17, 15) is 4.79 Å². The second kappa shape index (κ2) is 10.4. The van der Waals surface area contributed by atoms with Crippen LogP contribution < -0.4 is 15.8 Å². The summed E-state index contributed by atoms with van der Waals surface area (Å²) in [5, 5.41) is 4.13. The zero-order valence-corrected chi connectivity index (χ0v) is 22.5. The van der Waals surface area contributed by atoms with Crippen molar-refractivity contribution < 1.29 is 4.42 Å². The zero-order chi connectivity index (χ0) is 26.9. The van der Waals surface area contributed by atoms with Gasteiger partial charge in [0.05, 0.1) is 12.5 Å². The lowest BCUT2D eigenvalue weighted by atomic mass is 9.97. The van der Waals surface area contributed by atoms with Gasteiger partial charge in [-0.05, 0) is 74.0 Å². The summed E-state index contributed by atoms with van der Waals surface area (Å²) < 4.78 is 6.95. The van der Waals surface area contributed by atoms with Gasteiger partial charge in [0, 0.05) is 66.8 Å². The monoisotopic (exact) mass is 520 g/mol. The topological polar surface area (TPSA) is 79.4 Å². The Hall–Kier alpha value is -4.43. The largest absolute Gasteiger partial charge is 0.472 e. The maximum Gasteiger partial charge on any atom is 0.260 e. The number of hydrogen-bond donors (Lipinski definition) is 1. The van der Waals surface area contributed by atoms with Gasteiger partial charge in [-0.1, -0.05) is 18.2 Å². The van der Waals surface area contributed by atoms with E-state index < -0.39 is 0 Å². The third kappa shape index (κ3) is 4.91. The van der Waals surface area contributed by atoms with Gasteiger partial charge in [0.25, 0.3) is 5.56 Å². The van der Waals surface area contributed by atoms with Gasteiger partial charge >= 0.3 is 0 Å². The molecule has 6 rings (SSSR count). The van der Waals surface area contributed by atoms with Crippen molar-refractivity contribution in [3.63, 3.8) is 0 Å². The lowest BCUT2D eigenvalue weighted by molar-refractivity contribution is 0.313. The van der Waals surface area contributed by atoms with E-state index in [1.807, 2.05) is 50.2 Å². The highest BCUT2D eigenvalue weighted by Gasteiger charge is 2.16. The Morgan fingerprint density at radius 3 is 2.44 bits per heavy atom. The molecule has 39 heavy (non-hydrogen) atoms. The summed E-state index contributed by atoms with van der Waals surface area (Å²) in [4.78, 5) is 27.7. The maximum absolute atomic E-state index is 13.6. The number of rotatable bonds is 6. The minimum absolute atomic E-state index is 0.0645. The van der Waals surface area contributed by atoms with Crippen LogP contribution in [0.3, 0.4) is 0 Å². The Morgan fingerprint density at radius 1 is 0.949 bits per heavy atom. The van der Waals surface area contributed by atoms with Crippen LogP contribution in [0, 0.1) is 6.92 Å². The number of furan rings is 1. The van der Waals surface area contributed by atoms with Crippen LogP contribution in [0.4, 0.5) is 17.3 Å². The number of anilines is 3. The fourth-order valence-electron chi connectivity index (χ4n) is 5.23. The number of likely N-dealkylation sites (N-methyl/N-ethyl adjacent to an activating group) is 1. The number of hydrogen-bond acceptors (Lipinski definition) is 7. The molecule has 2 aromatic carbocycles. The molecule has 0 atom stereocenters. The molecule has 3 aromatic heterocycles. The summed E-state index contributed by atoms with van der Waals surface area (Å²) in [5.41, 5.74) is 7.30. The third-order valence-corrected chi connectivity index (χ3v) is 7.51. The molecule has 8 heteroatoms. The van der Waals surface area contributed by atoms with Gasteiger partial charge in [0.15, 0.2) is 0 Å². The molecule has 0 unspecified atom stereocenters. The van der Waals surface area contributed by atoms with Gasteiger partial charge in [0.2, 0.25) is 5.95 Å². The number of aromatic nitrogens is 3. The highest BCUT2D eigenvalue weighted by molar-refractivity contribution is 5.83. The molecule has 198 valence electrons. The van der Waals surface area contributed by atoms with Crippen LogP contribution in [0.5, 0.6) is 0 Å². The Morgan fingerprint density at radius 2 is 1.74 bits per heavy atom. The molecule has 0 aliphatic carbocycles. The highest BCUT2D eigenvalue weighted by Crippen LogP contribution is 2.29. The summed E-state index contributed by atoms with van der Waals surface area (Å²) in [6, 6.07) is 18.3. The van der Waals surface area contributed by atoms with E-state index in [2.05, 4.69) is 45.3 Å². The summed E-state index contributed by atoms with van der Waals surface area (Å²) in [7, 11) is 2.16. The van der Waals surface area contributed by atoms with E-state index in [4.69, 9.17) is 9.40 Å². The van der Waals surface area contributed by atoms with Gasteiger partial charge < -0.3 is 19.5 Å². The van der Waals surface area contributed by atoms with Crippen molar-refractivity contribution in [3.05, 3.63) is 89.2 Å². The Labute approximate surface area is 227 Å². The van der Waals surface area contributed by atoms with Crippen LogP contribution in [0.2, 0.25) is 0 Å². The van der Waals surface area contributed by atoms with Gasteiger partial charge in [-0.2, -0.15) is 4.98 Å². The average molecular weight is 521 g/mol. The molecule has 1 fully saturated rings.